The van der Waals surface area contributed by atoms with Crippen LogP contribution in [-0.2, 0) is 6.42 Å². The second-order valence-corrected chi connectivity index (χ2v) is 6.78. The van der Waals surface area contributed by atoms with E-state index in [1.54, 1.807) is 0 Å². The van der Waals surface area contributed by atoms with Crippen molar-refractivity contribution in [2.45, 2.75) is 53.5 Å². The molecule has 0 bridgehead atoms. The topological polar surface area (TPSA) is 24.7 Å². The molecule has 0 fully saturated rings. The molecule has 0 radical (unpaired) electrons. The van der Waals surface area contributed by atoms with E-state index in [0.29, 0.717) is 5.41 Å². The Morgan fingerprint density at radius 1 is 1.00 bits per heavy atom. The van der Waals surface area contributed by atoms with Crippen molar-refractivity contribution >= 4 is 5.69 Å². The average Bonchev–Trinajstić information content (AvgIpc) is 2.11. The lowest BCUT2D eigenvalue weighted by molar-refractivity contribution is 0.411. The number of rotatable bonds is 2. The Balaban J connectivity index is 2.83. The molecule has 2 heteroatoms. The summed E-state index contributed by atoms with van der Waals surface area (Å²) in [6, 6.07) is 8.33. The number of azo groups is 1. The van der Waals surface area contributed by atoms with Crippen LogP contribution in [0.1, 0.15) is 47.1 Å². The molecule has 0 aromatic heterocycles. The zero-order chi connectivity index (χ0) is 13.1. The fourth-order valence-electron chi connectivity index (χ4n) is 1.55. The van der Waals surface area contributed by atoms with Gasteiger partial charge in [0, 0.05) is 0 Å². The van der Waals surface area contributed by atoms with Gasteiger partial charge in [0.2, 0.25) is 0 Å². The number of benzene rings is 1. The van der Waals surface area contributed by atoms with Gasteiger partial charge in [-0.3, -0.25) is 0 Å². The predicted octanol–water partition coefficient (Wildman–Crippen LogP) is 5.16. The highest BCUT2D eigenvalue weighted by molar-refractivity contribution is 5.39. The van der Waals surface area contributed by atoms with Gasteiger partial charge in [-0.1, -0.05) is 32.9 Å². The van der Waals surface area contributed by atoms with E-state index in [2.05, 4.69) is 70.0 Å². The largest absolute Gasteiger partial charge is 0.183 e. The molecular formula is C15H24N2. The molecule has 17 heavy (non-hydrogen) atoms. The smallest absolute Gasteiger partial charge is 0.0855 e. The molecule has 2 nitrogen and oxygen atoms in total. The maximum absolute atomic E-state index is 4.29. The van der Waals surface area contributed by atoms with Crippen LogP contribution < -0.4 is 0 Å². The van der Waals surface area contributed by atoms with Crippen molar-refractivity contribution in [2.75, 3.05) is 0 Å². The highest BCUT2D eigenvalue weighted by Gasteiger charge is 2.11. The highest BCUT2D eigenvalue weighted by Crippen LogP contribution is 2.24. The van der Waals surface area contributed by atoms with Gasteiger partial charge in [0.15, 0.2) is 0 Å². The lowest BCUT2D eigenvalue weighted by Crippen LogP contribution is -2.09. The maximum atomic E-state index is 4.29. The molecule has 94 valence electrons. The number of nitrogens with zero attached hydrogens (tertiary/aromatic N) is 2. The first-order valence-corrected chi connectivity index (χ1v) is 6.18. The molecule has 1 rings (SSSR count). The van der Waals surface area contributed by atoms with Crippen molar-refractivity contribution in [3.05, 3.63) is 29.8 Å². The van der Waals surface area contributed by atoms with Crippen LogP contribution >= 0.6 is 0 Å². The minimum atomic E-state index is -0.111. The fraction of sp³-hybridized carbons (Fsp3) is 0.600. The van der Waals surface area contributed by atoms with Crippen LogP contribution in [0.15, 0.2) is 34.5 Å². The van der Waals surface area contributed by atoms with Gasteiger partial charge in [-0.2, -0.15) is 10.2 Å². The molecule has 0 aliphatic carbocycles. The van der Waals surface area contributed by atoms with Crippen LogP contribution in [-0.4, -0.2) is 5.54 Å². The molecule has 0 amide bonds. The summed E-state index contributed by atoms with van der Waals surface area (Å²) in [6.45, 7) is 12.9. The predicted molar refractivity (Wildman–Crippen MR) is 73.9 cm³/mol. The van der Waals surface area contributed by atoms with Gasteiger partial charge in [-0.15, -0.1) is 0 Å². The fourth-order valence-corrected chi connectivity index (χ4v) is 1.55. The zero-order valence-corrected chi connectivity index (χ0v) is 11.9. The van der Waals surface area contributed by atoms with E-state index >= 15 is 0 Å². The lowest BCUT2D eigenvalue weighted by atomic mass is 9.88. The molecule has 0 heterocycles. The van der Waals surface area contributed by atoms with Gasteiger partial charge < -0.3 is 0 Å². The lowest BCUT2D eigenvalue weighted by Gasteiger charge is -2.18. The molecular weight excluding hydrogens is 208 g/mol. The van der Waals surface area contributed by atoms with Gasteiger partial charge >= 0.3 is 0 Å². The van der Waals surface area contributed by atoms with E-state index in [1.807, 2.05) is 6.07 Å². The Kier molecular flexibility index (Phi) is 4.07. The molecule has 1 aromatic rings. The van der Waals surface area contributed by atoms with E-state index < -0.39 is 0 Å². The Labute approximate surface area is 105 Å². The Bertz CT molecular complexity index is 392. The van der Waals surface area contributed by atoms with Gasteiger partial charge in [0.1, 0.15) is 0 Å². The summed E-state index contributed by atoms with van der Waals surface area (Å²) in [4.78, 5) is 0. The molecule has 0 aliphatic rings. The van der Waals surface area contributed by atoms with Crippen molar-refractivity contribution in [1.29, 1.82) is 0 Å². The Hall–Kier alpha value is -1.18. The van der Waals surface area contributed by atoms with Gasteiger partial charge in [0.25, 0.3) is 0 Å². The molecule has 0 saturated heterocycles. The summed E-state index contributed by atoms with van der Waals surface area (Å²) in [7, 11) is 0. The highest BCUT2D eigenvalue weighted by atomic mass is 15.1. The van der Waals surface area contributed by atoms with Crippen LogP contribution in [0.25, 0.3) is 0 Å². The Morgan fingerprint density at radius 2 is 1.65 bits per heavy atom. The van der Waals surface area contributed by atoms with Crippen molar-refractivity contribution in [1.82, 2.24) is 0 Å². The minimum absolute atomic E-state index is 0.111. The maximum Gasteiger partial charge on any atom is 0.0855 e. The number of hydrogen-bond donors (Lipinski definition) is 0. The summed E-state index contributed by atoms with van der Waals surface area (Å²) in [5, 5.41) is 8.58. The van der Waals surface area contributed by atoms with Crippen molar-refractivity contribution in [2.24, 2.45) is 15.6 Å². The minimum Gasteiger partial charge on any atom is -0.183 e. The third-order valence-electron chi connectivity index (χ3n) is 2.11. The number of hydrogen-bond acceptors (Lipinski definition) is 2. The van der Waals surface area contributed by atoms with E-state index in [0.717, 1.165) is 12.1 Å². The summed E-state index contributed by atoms with van der Waals surface area (Å²) in [5.41, 5.74) is 2.46. The molecule has 0 unspecified atom stereocenters. The van der Waals surface area contributed by atoms with E-state index in [-0.39, 0.29) is 5.54 Å². The van der Waals surface area contributed by atoms with Crippen molar-refractivity contribution in [3.63, 3.8) is 0 Å². The van der Waals surface area contributed by atoms with Crippen LogP contribution in [0, 0.1) is 5.41 Å². The second-order valence-electron chi connectivity index (χ2n) is 6.78. The van der Waals surface area contributed by atoms with Gasteiger partial charge in [-0.25, -0.2) is 0 Å². The normalized spacial score (nSPS) is 13.3. The monoisotopic (exact) mass is 232 g/mol. The first-order chi connectivity index (χ1) is 7.66. The Morgan fingerprint density at radius 3 is 2.18 bits per heavy atom. The molecule has 1 aromatic carbocycles. The van der Waals surface area contributed by atoms with E-state index in [4.69, 9.17) is 0 Å². The van der Waals surface area contributed by atoms with Gasteiger partial charge in [-0.05, 0) is 50.3 Å². The summed E-state index contributed by atoms with van der Waals surface area (Å²) >= 11 is 0. The SMILES string of the molecule is CC(C)(C)Cc1cccc(N=NC(C)(C)C)c1. The first kappa shape index (κ1) is 13.9. The average molecular weight is 232 g/mol. The second kappa shape index (κ2) is 4.99. The molecule has 0 saturated carbocycles. The standard InChI is InChI=1S/C15H24N2/c1-14(2,3)11-12-8-7-9-13(10-12)16-17-15(4,5)6/h7-10H,11H2,1-6H3. The van der Waals surface area contributed by atoms with Crippen LogP contribution in [0.2, 0.25) is 0 Å². The first-order valence-electron chi connectivity index (χ1n) is 6.18. The van der Waals surface area contributed by atoms with Crippen LogP contribution in [0.5, 0.6) is 0 Å². The third kappa shape index (κ3) is 6.20. The molecule has 0 aliphatic heterocycles. The van der Waals surface area contributed by atoms with E-state index in [1.165, 1.54) is 5.56 Å². The van der Waals surface area contributed by atoms with Crippen LogP contribution in [0.4, 0.5) is 5.69 Å². The molecule has 0 spiro atoms. The summed E-state index contributed by atoms with van der Waals surface area (Å²) < 4.78 is 0. The van der Waals surface area contributed by atoms with Gasteiger partial charge in [0.05, 0.1) is 11.2 Å². The van der Waals surface area contributed by atoms with Crippen molar-refractivity contribution < 1.29 is 0 Å². The molecule has 0 N–H and O–H groups in total. The van der Waals surface area contributed by atoms with Crippen LogP contribution in [0.3, 0.4) is 0 Å². The van der Waals surface area contributed by atoms with E-state index in [9.17, 15) is 0 Å². The summed E-state index contributed by atoms with van der Waals surface area (Å²) in [6.07, 6.45) is 1.06. The zero-order valence-electron chi connectivity index (χ0n) is 11.9. The molecule has 0 atom stereocenters. The quantitative estimate of drug-likeness (QED) is 0.629. The summed E-state index contributed by atoms with van der Waals surface area (Å²) in [5.74, 6) is 0. The van der Waals surface area contributed by atoms with Crippen molar-refractivity contribution in [3.8, 4) is 0 Å². The third-order valence-corrected chi connectivity index (χ3v) is 2.11.